The zero-order chi connectivity index (χ0) is 39.4. The first-order valence-electron chi connectivity index (χ1n) is 16.9. The Kier molecular flexibility index (Phi) is 10.1. The largest absolute Gasteiger partial charge is 0.463 e. The number of guanidine groups is 1. The number of hydrogen-bond donors (Lipinski definition) is 1. The highest BCUT2D eigenvalue weighted by atomic mass is 35.5. The summed E-state index contributed by atoms with van der Waals surface area (Å²) in [6, 6.07) is 9.53. The van der Waals surface area contributed by atoms with Gasteiger partial charge in [0.2, 0.25) is 0 Å². The summed E-state index contributed by atoms with van der Waals surface area (Å²) in [5, 5.41) is 7.27. The van der Waals surface area contributed by atoms with Crippen LogP contribution in [0.1, 0.15) is 83.6 Å². The number of benzene rings is 2. The number of halogens is 7. The molecule has 0 unspecified atom stereocenters. The number of amides is 1. The van der Waals surface area contributed by atoms with Crippen molar-refractivity contribution in [1.29, 1.82) is 0 Å². The van der Waals surface area contributed by atoms with Crippen LogP contribution in [0, 0.1) is 10.8 Å². The normalized spacial score (nSPS) is 19.1. The Morgan fingerprint density at radius 3 is 2.26 bits per heavy atom. The van der Waals surface area contributed by atoms with Gasteiger partial charge in [0.25, 0.3) is 11.8 Å². The van der Waals surface area contributed by atoms with Crippen LogP contribution in [0.5, 0.6) is 0 Å². The lowest BCUT2D eigenvalue weighted by Gasteiger charge is -2.35. The first-order chi connectivity index (χ1) is 25.2. The minimum atomic E-state index is -3.13. The molecule has 3 heterocycles. The first kappa shape index (κ1) is 38.8. The lowest BCUT2D eigenvalue weighted by Crippen LogP contribution is -2.47. The monoisotopic (exact) mass is 778 g/mol. The van der Waals surface area contributed by atoms with Gasteiger partial charge in [-0.05, 0) is 60.4 Å². The minimum absolute atomic E-state index is 0.0136. The molecule has 0 radical (unpaired) electrons. The van der Waals surface area contributed by atoms with Crippen molar-refractivity contribution in [3.05, 3.63) is 77.3 Å². The molecule has 1 aliphatic heterocycles. The summed E-state index contributed by atoms with van der Waals surface area (Å²) in [6.07, 6.45) is 3.22. The molecule has 1 saturated carbocycles. The molecule has 1 fully saturated rings. The van der Waals surface area contributed by atoms with Crippen molar-refractivity contribution < 1.29 is 40.7 Å². The second-order valence-corrected chi connectivity index (χ2v) is 15.3. The van der Waals surface area contributed by atoms with E-state index in [9.17, 15) is 35.9 Å². The highest BCUT2D eigenvalue weighted by Gasteiger charge is 2.60. The summed E-state index contributed by atoms with van der Waals surface area (Å²) in [5.41, 5.74) is 4.46. The first-order valence-corrected chi connectivity index (χ1v) is 17.3. The van der Waals surface area contributed by atoms with Crippen LogP contribution in [0.4, 0.5) is 26.3 Å². The summed E-state index contributed by atoms with van der Waals surface area (Å²) in [6.45, 7) is -0.0473. The molecule has 0 spiro atoms. The van der Waals surface area contributed by atoms with Gasteiger partial charge in [-0.1, -0.05) is 62.7 Å². The molecular weight excluding hydrogens is 742 g/mol. The lowest BCUT2D eigenvalue weighted by molar-refractivity contribution is -0.153. The van der Waals surface area contributed by atoms with Crippen molar-refractivity contribution in [1.82, 2.24) is 29.4 Å². The van der Waals surface area contributed by atoms with E-state index in [1.165, 1.54) is 30.6 Å². The molecule has 2 aromatic heterocycles. The summed E-state index contributed by atoms with van der Waals surface area (Å²) >= 11 is 6.45. The average Bonchev–Trinajstić information content (AvgIpc) is 3.40. The van der Waals surface area contributed by atoms with Gasteiger partial charge in [-0.25, -0.2) is 23.4 Å². The number of carbonyl (C=O) groups is 2. The fourth-order valence-corrected chi connectivity index (χ4v) is 7.06. The number of aliphatic imine (C=N–C) groups is 1. The molecular formula is C36H37ClF6N8O3. The topological polar surface area (TPSA) is 134 Å². The van der Waals surface area contributed by atoms with Crippen molar-refractivity contribution in [2.24, 2.45) is 21.6 Å². The smallest absolute Gasteiger partial charge is 0.335 e. The zero-order valence-electron chi connectivity index (χ0n) is 29.6. The van der Waals surface area contributed by atoms with Gasteiger partial charge in [-0.3, -0.25) is 14.5 Å². The van der Waals surface area contributed by atoms with Crippen LogP contribution in [0.25, 0.3) is 22.5 Å². The number of esters is 1. The standard InChI is InChI=1S/C36H37ClF6N8O3/c1-33(2,3)18-36(23-8-5-20(6-9-23)22-15-46-49(16-22)30(38)39)29(53)50(32(44)48-36)26(17-54-27(52)14-35(11-12-35)34(4,42)43)21-7-10-25(37)24(13-21)28-45-19-47-51(28)31(40)41/h5-10,13,15-16,19,26,30-31H,11-12,14,17-18H2,1-4H3,(H2,44,48)/t26-,36-/m1/s1. The Bertz CT molecular complexity index is 2070. The molecule has 2 aromatic carbocycles. The third-order valence-corrected chi connectivity index (χ3v) is 10.1. The van der Waals surface area contributed by atoms with E-state index in [0.29, 0.717) is 26.1 Å². The maximum atomic E-state index is 14.9. The van der Waals surface area contributed by atoms with Gasteiger partial charge in [0.15, 0.2) is 17.3 Å². The molecule has 0 bridgehead atoms. The average molecular weight is 779 g/mol. The third kappa shape index (κ3) is 7.42. The quantitative estimate of drug-likeness (QED) is 0.107. The second-order valence-electron chi connectivity index (χ2n) is 14.9. The van der Waals surface area contributed by atoms with Crippen molar-refractivity contribution in [2.75, 3.05) is 6.61 Å². The summed E-state index contributed by atoms with van der Waals surface area (Å²) in [4.78, 5) is 37.9. The molecule has 2 aliphatic rings. The van der Waals surface area contributed by atoms with Gasteiger partial charge in [-0.15, -0.1) is 0 Å². The number of carbonyl (C=O) groups excluding carboxylic acids is 2. The molecule has 18 heteroatoms. The van der Waals surface area contributed by atoms with Crippen LogP contribution in [-0.2, 0) is 19.9 Å². The second kappa shape index (κ2) is 14.0. The highest BCUT2D eigenvalue weighted by Crippen LogP contribution is 2.59. The number of nitrogens with zero attached hydrogens (tertiary/aromatic N) is 7. The van der Waals surface area contributed by atoms with Crippen molar-refractivity contribution in [2.45, 2.75) is 84.0 Å². The summed E-state index contributed by atoms with van der Waals surface area (Å²) in [7, 11) is 0. The number of hydrogen-bond acceptors (Lipinski definition) is 8. The van der Waals surface area contributed by atoms with Gasteiger partial charge >= 0.3 is 19.1 Å². The predicted molar refractivity (Wildman–Crippen MR) is 185 cm³/mol. The molecule has 1 amide bonds. The summed E-state index contributed by atoms with van der Waals surface area (Å²) in [5.74, 6) is -5.24. The molecule has 11 nitrogen and oxygen atoms in total. The third-order valence-electron chi connectivity index (χ3n) is 9.76. The van der Waals surface area contributed by atoms with Crippen molar-refractivity contribution >= 4 is 29.4 Å². The highest BCUT2D eigenvalue weighted by molar-refractivity contribution is 6.33. The summed E-state index contributed by atoms with van der Waals surface area (Å²) < 4.78 is 89.3. The molecule has 2 atom stereocenters. The van der Waals surface area contributed by atoms with E-state index in [1.807, 2.05) is 20.8 Å². The zero-order valence-corrected chi connectivity index (χ0v) is 30.4. The van der Waals surface area contributed by atoms with Crippen molar-refractivity contribution in [3.63, 3.8) is 0 Å². The molecule has 6 rings (SSSR count). The van der Waals surface area contributed by atoms with Gasteiger partial charge in [0, 0.05) is 22.7 Å². The SMILES string of the molecule is CC(C)(C)C[C@]1(c2ccc(-c3cnn(C(F)F)c3)cc2)N=C(N)N([C@H](COC(=O)CC2(C(C)(F)F)CC2)c2ccc(Cl)c(-c3ncnn3C(F)F)c2)C1=O. The van der Waals surface area contributed by atoms with E-state index in [2.05, 4.69) is 15.2 Å². The van der Waals surface area contributed by atoms with E-state index in [4.69, 9.17) is 27.1 Å². The minimum Gasteiger partial charge on any atom is -0.463 e. The molecule has 288 valence electrons. The molecule has 54 heavy (non-hydrogen) atoms. The van der Waals surface area contributed by atoms with Gasteiger partial charge < -0.3 is 10.5 Å². The van der Waals surface area contributed by atoms with Gasteiger partial charge in [0.05, 0.1) is 23.7 Å². The van der Waals surface area contributed by atoms with E-state index in [-0.39, 0.29) is 47.2 Å². The Hall–Kier alpha value is -4.93. The number of alkyl halides is 6. The van der Waals surface area contributed by atoms with Crippen LogP contribution < -0.4 is 5.73 Å². The Morgan fingerprint density at radius 1 is 1.00 bits per heavy atom. The number of nitrogens with two attached hydrogens (primary N) is 1. The van der Waals surface area contributed by atoms with Crippen LogP contribution >= 0.6 is 11.6 Å². The Balaban J connectivity index is 1.40. The Labute approximate surface area is 311 Å². The molecule has 2 N–H and O–H groups in total. The molecule has 0 saturated heterocycles. The van der Waals surface area contributed by atoms with Crippen LogP contribution in [0.3, 0.4) is 0 Å². The number of aromatic nitrogens is 5. The maximum absolute atomic E-state index is 14.9. The fourth-order valence-electron chi connectivity index (χ4n) is 6.85. The predicted octanol–water partition coefficient (Wildman–Crippen LogP) is 8.15. The van der Waals surface area contributed by atoms with Crippen molar-refractivity contribution in [3.8, 4) is 22.5 Å². The van der Waals surface area contributed by atoms with Crippen LogP contribution in [0.15, 0.2) is 66.2 Å². The van der Waals surface area contributed by atoms with Gasteiger partial charge in [-0.2, -0.15) is 32.4 Å². The molecule has 1 aliphatic carbocycles. The van der Waals surface area contributed by atoms with Crippen LogP contribution in [-0.4, -0.2) is 59.8 Å². The molecule has 4 aromatic rings. The number of rotatable bonds is 13. The number of ether oxygens (including phenoxy) is 1. The van der Waals surface area contributed by atoms with Crippen LogP contribution in [0.2, 0.25) is 5.02 Å². The van der Waals surface area contributed by atoms with E-state index < -0.39 is 66.3 Å². The lowest BCUT2D eigenvalue weighted by atomic mass is 9.75. The van der Waals surface area contributed by atoms with E-state index in [1.54, 1.807) is 24.3 Å². The van der Waals surface area contributed by atoms with Gasteiger partial charge in [0.1, 0.15) is 12.9 Å². The van der Waals surface area contributed by atoms with E-state index >= 15 is 0 Å². The fraction of sp³-hybridized carbons (Fsp3) is 0.444. The Morgan fingerprint density at radius 2 is 1.69 bits per heavy atom. The maximum Gasteiger partial charge on any atom is 0.335 e. The van der Waals surface area contributed by atoms with E-state index in [0.717, 1.165) is 18.2 Å².